The topological polar surface area (TPSA) is 118 Å². The Balaban J connectivity index is 4.34. The van der Waals surface area contributed by atoms with Gasteiger partial charge in [0.2, 0.25) is 5.91 Å². The quantitative estimate of drug-likeness (QED) is 0.0565. The number of Topliss-reactive ketones (excluding diaryl/α,β-unsaturated/α-hetero) is 1. The van der Waals surface area contributed by atoms with E-state index in [-0.39, 0.29) is 12.5 Å². The third-order valence-corrected chi connectivity index (χ3v) is 8.71. The number of hydrogen-bond acceptors (Lipinski definition) is 6. The van der Waals surface area contributed by atoms with Gasteiger partial charge < -0.3 is 25.3 Å². The van der Waals surface area contributed by atoms with Crippen LogP contribution in [0.3, 0.4) is 0 Å². The first kappa shape index (κ1) is 42.0. The predicted molar refractivity (Wildman–Crippen MR) is 178 cm³/mol. The lowest BCUT2D eigenvalue weighted by molar-refractivity contribution is -0.145. The van der Waals surface area contributed by atoms with Gasteiger partial charge in [-0.1, -0.05) is 162 Å². The zero-order chi connectivity index (χ0) is 32.0. The highest BCUT2D eigenvalue weighted by atomic mass is 16.4. The van der Waals surface area contributed by atoms with Crippen molar-refractivity contribution in [3.05, 3.63) is 0 Å². The van der Waals surface area contributed by atoms with E-state index in [0.717, 1.165) is 38.5 Å². The van der Waals surface area contributed by atoms with Crippen LogP contribution in [0.4, 0.5) is 0 Å². The Bertz CT molecular complexity index is 631. The van der Waals surface area contributed by atoms with Gasteiger partial charge in [-0.2, -0.15) is 0 Å². The zero-order valence-electron chi connectivity index (χ0n) is 28.3. The molecule has 0 aliphatic carbocycles. The molecule has 0 heterocycles. The Labute approximate surface area is 265 Å². The summed E-state index contributed by atoms with van der Waals surface area (Å²) in [5, 5.41) is 38.8. The number of hydrogen-bond donors (Lipinski definition) is 4. The van der Waals surface area contributed by atoms with E-state index in [4.69, 9.17) is 5.11 Å². The maximum atomic E-state index is 13.0. The molecule has 0 aliphatic rings. The van der Waals surface area contributed by atoms with Crippen LogP contribution in [0.15, 0.2) is 0 Å². The monoisotopic (exact) mass is 614 g/mol. The number of carbonyl (C=O) groups is 2. The van der Waals surface area contributed by atoms with Gasteiger partial charge in [-0.15, -0.1) is 0 Å². The van der Waals surface area contributed by atoms with Gasteiger partial charge >= 0.3 is 0 Å². The molecule has 0 rings (SSSR count). The van der Waals surface area contributed by atoms with Crippen LogP contribution in [-0.2, 0) is 9.59 Å². The minimum atomic E-state index is -1.84. The van der Waals surface area contributed by atoms with Crippen LogP contribution < -0.4 is 0 Å². The first-order valence-corrected chi connectivity index (χ1v) is 18.3. The molecule has 43 heavy (non-hydrogen) atoms. The number of nitrogens with zero attached hydrogens (tertiary/aromatic N) is 1. The zero-order valence-corrected chi connectivity index (χ0v) is 28.3. The second-order valence-electron chi connectivity index (χ2n) is 12.8. The number of unbranched alkanes of at least 4 members (excludes halogenated alkanes) is 23. The molecule has 256 valence electrons. The van der Waals surface area contributed by atoms with Crippen LogP contribution in [0.25, 0.3) is 0 Å². The average Bonchev–Trinajstić information content (AvgIpc) is 3.01. The van der Waals surface area contributed by atoms with Gasteiger partial charge in [0.05, 0.1) is 13.2 Å². The predicted octanol–water partition coefficient (Wildman–Crippen LogP) is 7.64. The smallest absolute Gasteiger partial charge is 0.222 e. The maximum Gasteiger partial charge on any atom is 0.222 e. The number of aliphatic hydroxyl groups excluding tert-OH is 4. The Hall–Kier alpha value is -1.02. The van der Waals surface area contributed by atoms with Gasteiger partial charge in [-0.05, 0) is 12.8 Å². The molecule has 0 spiro atoms. The molecule has 0 aromatic rings. The van der Waals surface area contributed by atoms with Crippen molar-refractivity contribution in [2.75, 3.05) is 19.7 Å². The van der Waals surface area contributed by atoms with Crippen molar-refractivity contribution in [1.29, 1.82) is 0 Å². The molecule has 1 amide bonds. The summed E-state index contributed by atoms with van der Waals surface area (Å²) < 4.78 is 0. The summed E-state index contributed by atoms with van der Waals surface area (Å²) in [5.74, 6) is -0.804. The molecular weight excluding hydrogens is 542 g/mol. The van der Waals surface area contributed by atoms with E-state index in [0.29, 0.717) is 13.0 Å². The largest absolute Gasteiger partial charge is 0.394 e. The van der Waals surface area contributed by atoms with Crippen molar-refractivity contribution in [3.8, 4) is 0 Å². The molecule has 0 saturated carbocycles. The minimum Gasteiger partial charge on any atom is -0.394 e. The van der Waals surface area contributed by atoms with Crippen LogP contribution in [-0.4, -0.2) is 75.0 Å². The number of carbonyl (C=O) groups excluding carboxylic acids is 2. The van der Waals surface area contributed by atoms with E-state index in [2.05, 4.69) is 13.8 Å². The molecule has 3 atom stereocenters. The van der Waals surface area contributed by atoms with E-state index in [1.807, 2.05) is 0 Å². The number of ketones is 1. The number of rotatable bonds is 33. The molecule has 0 aromatic heterocycles. The van der Waals surface area contributed by atoms with Crippen LogP contribution in [0.2, 0.25) is 0 Å². The fourth-order valence-corrected chi connectivity index (χ4v) is 5.68. The molecule has 0 aliphatic heterocycles. The van der Waals surface area contributed by atoms with Crippen molar-refractivity contribution in [2.45, 2.75) is 199 Å². The van der Waals surface area contributed by atoms with Gasteiger partial charge in [0, 0.05) is 13.0 Å². The normalized spacial score (nSPS) is 13.6. The summed E-state index contributed by atoms with van der Waals surface area (Å²) in [4.78, 5) is 27.2. The highest BCUT2D eigenvalue weighted by molar-refractivity contribution is 5.89. The second-order valence-corrected chi connectivity index (χ2v) is 12.8. The summed E-state index contributed by atoms with van der Waals surface area (Å²) >= 11 is 0. The standard InChI is InChI=1S/C36H71NO6/c1-3-5-7-9-11-13-15-17-18-20-22-24-26-28-34(41)37(30-32(39)35(42)36(43)33(40)31-38)29-27-25-23-21-19-16-14-12-10-8-6-4-2/h33,35-36,38,40,42-43H,3-31H2,1-2H3/t33-,35-,36-/m1/s1. The van der Waals surface area contributed by atoms with Gasteiger partial charge in [0.25, 0.3) is 0 Å². The van der Waals surface area contributed by atoms with Crippen molar-refractivity contribution in [3.63, 3.8) is 0 Å². The Morgan fingerprint density at radius 3 is 1.26 bits per heavy atom. The SMILES string of the molecule is CCCCCCCCCCCCCCCC(=O)N(CCCCCCCCCCCCCC)CC(=O)[C@@H](O)[C@H](O)[C@H](O)CO. The fraction of sp³-hybridized carbons (Fsp3) is 0.944. The van der Waals surface area contributed by atoms with Gasteiger partial charge in [-0.25, -0.2) is 0 Å². The van der Waals surface area contributed by atoms with Gasteiger partial charge in [0.1, 0.15) is 18.3 Å². The Morgan fingerprint density at radius 2 is 0.884 bits per heavy atom. The molecular formula is C36H71NO6. The first-order valence-electron chi connectivity index (χ1n) is 18.3. The lowest BCUT2D eigenvalue weighted by Crippen LogP contribution is -2.48. The summed E-state index contributed by atoms with van der Waals surface area (Å²) in [6, 6.07) is 0. The molecule has 7 nitrogen and oxygen atoms in total. The molecule has 0 aromatic carbocycles. The summed E-state index contributed by atoms with van der Waals surface area (Å²) in [7, 11) is 0. The highest BCUT2D eigenvalue weighted by Gasteiger charge is 2.31. The minimum absolute atomic E-state index is 0.0936. The second kappa shape index (κ2) is 31.0. The van der Waals surface area contributed by atoms with E-state index in [9.17, 15) is 24.9 Å². The lowest BCUT2D eigenvalue weighted by Gasteiger charge is -2.26. The van der Waals surface area contributed by atoms with Crippen molar-refractivity contribution >= 4 is 11.7 Å². The molecule has 4 N–H and O–H groups in total. The number of aliphatic hydroxyl groups is 4. The first-order chi connectivity index (χ1) is 20.9. The summed E-state index contributed by atoms with van der Waals surface area (Å²) in [6.07, 6.45) is 25.8. The molecule has 0 radical (unpaired) electrons. The lowest BCUT2D eigenvalue weighted by atomic mass is 10.0. The molecule has 0 unspecified atom stereocenters. The van der Waals surface area contributed by atoms with E-state index in [1.165, 1.54) is 127 Å². The van der Waals surface area contributed by atoms with E-state index >= 15 is 0 Å². The highest BCUT2D eigenvalue weighted by Crippen LogP contribution is 2.15. The molecule has 0 saturated heterocycles. The van der Waals surface area contributed by atoms with Gasteiger partial charge in [0.15, 0.2) is 5.78 Å². The average molecular weight is 614 g/mol. The maximum absolute atomic E-state index is 13.0. The Morgan fingerprint density at radius 1 is 0.535 bits per heavy atom. The molecule has 0 fully saturated rings. The number of amides is 1. The van der Waals surface area contributed by atoms with Crippen molar-refractivity contribution in [2.24, 2.45) is 0 Å². The summed E-state index contributed by atoms with van der Waals surface area (Å²) in [6.45, 7) is 3.90. The van der Waals surface area contributed by atoms with Crippen LogP contribution >= 0.6 is 0 Å². The Kier molecular flexibility index (Phi) is 30.2. The van der Waals surface area contributed by atoms with E-state index in [1.54, 1.807) is 0 Å². The fourth-order valence-electron chi connectivity index (χ4n) is 5.68. The molecule has 7 heteroatoms. The third-order valence-electron chi connectivity index (χ3n) is 8.71. The van der Waals surface area contributed by atoms with Crippen LogP contribution in [0, 0.1) is 0 Å². The van der Waals surface area contributed by atoms with Crippen LogP contribution in [0.1, 0.15) is 181 Å². The molecule has 0 bridgehead atoms. The third kappa shape index (κ3) is 24.9. The summed E-state index contributed by atoms with van der Waals surface area (Å²) in [5.41, 5.74) is 0. The van der Waals surface area contributed by atoms with E-state index < -0.39 is 30.7 Å². The van der Waals surface area contributed by atoms with Crippen LogP contribution in [0.5, 0.6) is 0 Å². The van der Waals surface area contributed by atoms with Crippen molar-refractivity contribution in [1.82, 2.24) is 4.90 Å². The van der Waals surface area contributed by atoms with Crippen molar-refractivity contribution < 1.29 is 30.0 Å². The van der Waals surface area contributed by atoms with Gasteiger partial charge in [-0.3, -0.25) is 9.59 Å².